The molecule has 0 unspecified atom stereocenters. The molecule has 2 atom stereocenters. The molecule has 0 spiro atoms. The Morgan fingerprint density at radius 2 is 1.83 bits per heavy atom. The van der Waals surface area contributed by atoms with Crippen LogP contribution in [0.3, 0.4) is 0 Å². The van der Waals surface area contributed by atoms with E-state index in [1.807, 2.05) is 0 Å². The Hall–Kier alpha value is -1.28. The molecule has 0 bridgehead atoms. The first-order chi connectivity index (χ1) is 8.65. The van der Waals surface area contributed by atoms with E-state index in [9.17, 15) is 0 Å². The lowest BCUT2D eigenvalue weighted by Crippen LogP contribution is -2.34. The average molecular weight is 245 g/mol. The zero-order valence-corrected chi connectivity index (χ0v) is 11.8. The molecule has 2 nitrogen and oxygen atoms in total. The number of likely N-dealkylation sites (N-methyl/N-ethyl adjacent to an activating group) is 1. The summed E-state index contributed by atoms with van der Waals surface area (Å²) in [4.78, 5) is 2.21. The Labute approximate surface area is 110 Å². The molecule has 98 valence electrons. The Kier molecular flexibility index (Phi) is 4.07. The normalized spacial score (nSPS) is 23.2. The number of hydrogen-bond acceptors (Lipinski definition) is 2. The summed E-state index contributed by atoms with van der Waals surface area (Å²) in [5, 5.41) is 0. The summed E-state index contributed by atoms with van der Waals surface area (Å²) in [6.07, 6.45) is 0. The average Bonchev–Trinajstić information content (AvgIpc) is 2.37. The first-order valence-corrected chi connectivity index (χ1v) is 6.70. The summed E-state index contributed by atoms with van der Waals surface area (Å²) in [6, 6.07) is 10.7. The molecule has 0 aromatic heterocycles. The van der Waals surface area contributed by atoms with Crippen LogP contribution in [0, 0.1) is 5.92 Å². The molecule has 0 amide bonds. The van der Waals surface area contributed by atoms with Crippen molar-refractivity contribution in [3.8, 4) is 0 Å². The van der Waals surface area contributed by atoms with Gasteiger partial charge in [-0.05, 0) is 38.1 Å². The zero-order valence-electron chi connectivity index (χ0n) is 11.8. The van der Waals surface area contributed by atoms with E-state index in [4.69, 9.17) is 4.74 Å². The van der Waals surface area contributed by atoms with Crippen LogP contribution in [0.5, 0.6) is 0 Å². The second-order valence-electron chi connectivity index (χ2n) is 5.24. The lowest BCUT2D eigenvalue weighted by Gasteiger charge is -2.40. The van der Waals surface area contributed by atoms with Crippen molar-refractivity contribution in [1.29, 1.82) is 0 Å². The summed E-state index contributed by atoms with van der Waals surface area (Å²) >= 11 is 0. The van der Waals surface area contributed by atoms with E-state index in [-0.39, 0.29) is 0 Å². The van der Waals surface area contributed by atoms with Crippen LogP contribution in [0.1, 0.15) is 25.3 Å². The fourth-order valence-electron chi connectivity index (χ4n) is 2.76. The minimum absolute atomic E-state index is 0.445. The fraction of sp³-hybridized carbons (Fsp3) is 0.500. The van der Waals surface area contributed by atoms with Gasteiger partial charge in [0, 0.05) is 12.5 Å². The van der Waals surface area contributed by atoms with Crippen molar-refractivity contribution in [2.45, 2.75) is 19.8 Å². The van der Waals surface area contributed by atoms with Gasteiger partial charge >= 0.3 is 0 Å². The van der Waals surface area contributed by atoms with E-state index in [2.05, 4.69) is 63.2 Å². The zero-order chi connectivity index (χ0) is 13.1. The highest BCUT2D eigenvalue weighted by molar-refractivity contribution is 5.41. The first-order valence-electron chi connectivity index (χ1n) is 6.70. The molecule has 0 radical (unpaired) electrons. The van der Waals surface area contributed by atoms with Crippen molar-refractivity contribution >= 4 is 0 Å². The molecule has 18 heavy (non-hydrogen) atoms. The molecule has 1 aliphatic carbocycles. The van der Waals surface area contributed by atoms with E-state index < -0.39 is 0 Å². The van der Waals surface area contributed by atoms with Gasteiger partial charge in [-0.25, -0.2) is 0 Å². The van der Waals surface area contributed by atoms with Crippen LogP contribution in [0.25, 0.3) is 0 Å². The van der Waals surface area contributed by atoms with E-state index in [0.29, 0.717) is 11.8 Å². The Morgan fingerprint density at radius 1 is 1.17 bits per heavy atom. The third-order valence-corrected chi connectivity index (χ3v) is 3.59. The number of rotatable bonds is 5. The molecule has 0 saturated heterocycles. The van der Waals surface area contributed by atoms with Gasteiger partial charge < -0.3 is 9.64 Å². The number of hydrogen-bond donors (Lipinski definition) is 0. The van der Waals surface area contributed by atoms with Gasteiger partial charge in [-0.1, -0.05) is 37.3 Å². The van der Waals surface area contributed by atoms with Crippen LogP contribution in [-0.4, -0.2) is 32.1 Å². The quantitative estimate of drug-likeness (QED) is 0.789. The molecular weight excluding hydrogens is 222 g/mol. The predicted molar refractivity (Wildman–Crippen MR) is 75.6 cm³/mol. The molecule has 0 fully saturated rings. The summed E-state index contributed by atoms with van der Waals surface area (Å²) in [7, 11) is 4.22. The van der Waals surface area contributed by atoms with Gasteiger partial charge in [-0.3, -0.25) is 0 Å². The smallest absolute Gasteiger partial charge is 0.105 e. The SMILES string of the molecule is CCOC1=C(CN(C)C)[C@@H](C)[C@H]1c1ccccc1. The minimum Gasteiger partial charge on any atom is -0.498 e. The number of benzene rings is 1. The van der Waals surface area contributed by atoms with Gasteiger partial charge in [0.25, 0.3) is 0 Å². The first kappa shape index (κ1) is 13.2. The van der Waals surface area contributed by atoms with Crippen LogP contribution in [0.4, 0.5) is 0 Å². The van der Waals surface area contributed by atoms with E-state index in [0.717, 1.165) is 13.2 Å². The lowest BCUT2D eigenvalue weighted by atomic mass is 9.70. The summed E-state index contributed by atoms with van der Waals surface area (Å²) in [5.74, 6) is 2.22. The summed E-state index contributed by atoms with van der Waals surface area (Å²) in [6.45, 7) is 6.12. The van der Waals surface area contributed by atoms with E-state index in [1.54, 1.807) is 0 Å². The van der Waals surface area contributed by atoms with E-state index >= 15 is 0 Å². The molecule has 0 heterocycles. The van der Waals surface area contributed by atoms with Crippen molar-refractivity contribution in [3.63, 3.8) is 0 Å². The third-order valence-electron chi connectivity index (χ3n) is 3.59. The number of allylic oxidation sites excluding steroid dienone is 1. The van der Waals surface area contributed by atoms with Crippen molar-refractivity contribution in [3.05, 3.63) is 47.2 Å². The van der Waals surface area contributed by atoms with Crippen LogP contribution >= 0.6 is 0 Å². The summed E-state index contributed by atoms with van der Waals surface area (Å²) in [5.41, 5.74) is 2.83. The Balaban J connectivity index is 2.25. The second-order valence-corrected chi connectivity index (χ2v) is 5.24. The highest BCUT2D eigenvalue weighted by Crippen LogP contribution is 2.48. The largest absolute Gasteiger partial charge is 0.498 e. The standard InChI is InChI=1S/C16H23NO/c1-5-18-16-14(11-17(3)4)12(2)15(16)13-9-7-6-8-10-13/h6-10,12,15H,5,11H2,1-4H3/t12-,15+/m1/s1. The highest BCUT2D eigenvalue weighted by atomic mass is 16.5. The molecule has 2 heteroatoms. The highest BCUT2D eigenvalue weighted by Gasteiger charge is 2.39. The van der Waals surface area contributed by atoms with Gasteiger partial charge in [0.1, 0.15) is 5.76 Å². The van der Waals surface area contributed by atoms with Crippen LogP contribution in [0.15, 0.2) is 41.7 Å². The number of nitrogens with zero attached hydrogens (tertiary/aromatic N) is 1. The van der Waals surface area contributed by atoms with Gasteiger partial charge in [0.2, 0.25) is 0 Å². The van der Waals surface area contributed by atoms with Gasteiger partial charge in [0.15, 0.2) is 0 Å². The molecule has 0 N–H and O–H groups in total. The van der Waals surface area contributed by atoms with Crippen molar-refractivity contribution in [2.75, 3.05) is 27.2 Å². The molecule has 1 aromatic carbocycles. The van der Waals surface area contributed by atoms with E-state index in [1.165, 1.54) is 16.9 Å². The van der Waals surface area contributed by atoms with Crippen LogP contribution in [-0.2, 0) is 4.74 Å². The number of ether oxygens (including phenoxy) is 1. The topological polar surface area (TPSA) is 12.5 Å². The van der Waals surface area contributed by atoms with Crippen molar-refractivity contribution in [2.24, 2.45) is 5.92 Å². The van der Waals surface area contributed by atoms with Crippen molar-refractivity contribution < 1.29 is 4.74 Å². The van der Waals surface area contributed by atoms with Crippen LogP contribution < -0.4 is 0 Å². The maximum absolute atomic E-state index is 5.88. The molecule has 1 aromatic rings. The maximum atomic E-state index is 5.88. The monoisotopic (exact) mass is 245 g/mol. The Morgan fingerprint density at radius 3 is 2.39 bits per heavy atom. The molecule has 1 aliphatic rings. The van der Waals surface area contributed by atoms with Crippen LogP contribution in [0.2, 0.25) is 0 Å². The Bertz CT molecular complexity index is 422. The molecule has 2 rings (SSSR count). The molecule has 0 saturated carbocycles. The summed E-state index contributed by atoms with van der Waals surface area (Å²) < 4.78 is 5.88. The third kappa shape index (κ3) is 2.44. The second kappa shape index (κ2) is 5.57. The predicted octanol–water partition coefficient (Wildman–Crippen LogP) is 3.27. The fourth-order valence-corrected chi connectivity index (χ4v) is 2.76. The van der Waals surface area contributed by atoms with Gasteiger partial charge in [-0.15, -0.1) is 0 Å². The van der Waals surface area contributed by atoms with Gasteiger partial charge in [-0.2, -0.15) is 0 Å². The molecular formula is C16H23NO. The molecule has 0 aliphatic heterocycles. The van der Waals surface area contributed by atoms with Gasteiger partial charge in [0.05, 0.1) is 6.61 Å². The maximum Gasteiger partial charge on any atom is 0.105 e. The minimum atomic E-state index is 0.445. The van der Waals surface area contributed by atoms with Crippen molar-refractivity contribution in [1.82, 2.24) is 4.90 Å². The lowest BCUT2D eigenvalue weighted by molar-refractivity contribution is 0.157.